The zero-order chi connectivity index (χ0) is 11.7. The van der Waals surface area contributed by atoms with Crippen molar-refractivity contribution in [2.75, 3.05) is 6.61 Å². The van der Waals surface area contributed by atoms with E-state index in [9.17, 15) is 4.79 Å². The van der Waals surface area contributed by atoms with E-state index in [0.29, 0.717) is 12.5 Å². The van der Waals surface area contributed by atoms with E-state index in [4.69, 9.17) is 10.5 Å². The average molecular weight is 213 g/mol. The SMILES string of the molecule is CCOC(=O)C1(N)CC(C)CC(C)(C)C1. The van der Waals surface area contributed by atoms with Crippen molar-refractivity contribution in [1.82, 2.24) is 0 Å². The van der Waals surface area contributed by atoms with Gasteiger partial charge >= 0.3 is 5.97 Å². The summed E-state index contributed by atoms with van der Waals surface area (Å²) in [7, 11) is 0. The van der Waals surface area contributed by atoms with Crippen LogP contribution in [0.25, 0.3) is 0 Å². The van der Waals surface area contributed by atoms with Crippen LogP contribution in [0.4, 0.5) is 0 Å². The van der Waals surface area contributed by atoms with Gasteiger partial charge in [0.1, 0.15) is 5.54 Å². The summed E-state index contributed by atoms with van der Waals surface area (Å²) in [4.78, 5) is 11.8. The van der Waals surface area contributed by atoms with Gasteiger partial charge in [0.15, 0.2) is 0 Å². The van der Waals surface area contributed by atoms with Crippen LogP contribution in [0, 0.1) is 11.3 Å². The van der Waals surface area contributed by atoms with Crippen LogP contribution in [0.1, 0.15) is 47.0 Å². The highest BCUT2D eigenvalue weighted by Crippen LogP contribution is 2.43. The molecular weight excluding hydrogens is 190 g/mol. The molecule has 0 heterocycles. The molecule has 15 heavy (non-hydrogen) atoms. The molecule has 1 aliphatic rings. The van der Waals surface area contributed by atoms with E-state index in [1.54, 1.807) is 0 Å². The average Bonchev–Trinajstić information content (AvgIpc) is 1.99. The quantitative estimate of drug-likeness (QED) is 0.715. The Labute approximate surface area is 92.4 Å². The lowest BCUT2D eigenvalue weighted by atomic mass is 9.64. The van der Waals surface area contributed by atoms with Crippen LogP contribution in [-0.4, -0.2) is 18.1 Å². The molecule has 0 amide bonds. The standard InChI is InChI=1S/C12H23NO2/c1-5-15-10(14)12(13)7-9(2)6-11(3,4)8-12/h9H,5-8,13H2,1-4H3. The summed E-state index contributed by atoms with van der Waals surface area (Å²) in [6.07, 6.45) is 2.60. The molecule has 2 unspecified atom stereocenters. The number of esters is 1. The van der Waals surface area contributed by atoms with Crippen LogP contribution in [0.5, 0.6) is 0 Å². The predicted molar refractivity (Wildman–Crippen MR) is 60.3 cm³/mol. The summed E-state index contributed by atoms with van der Waals surface area (Å²) < 4.78 is 5.06. The van der Waals surface area contributed by atoms with Gasteiger partial charge in [-0.3, -0.25) is 4.79 Å². The Hall–Kier alpha value is -0.570. The molecule has 0 bridgehead atoms. The molecule has 1 fully saturated rings. The van der Waals surface area contributed by atoms with Gasteiger partial charge in [0, 0.05) is 0 Å². The fraction of sp³-hybridized carbons (Fsp3) is 0.917. The molecule has 0 spiro atoms. The Morgan fingerprint density at radius 1 is 1.47 bits per heavy atom. The van der Waals surface area contributed by atoms with Crippen molar-refractivity contribution in [2.24, 2.45) is 17.1 Å². The topological polar surface area (TPSA) is 52.3 Å². The maximum atomic E-state index is 11.8. The minimum absolute atomic E-state index is 0.138. The molecule has 1 aliphatic carbocycles. The molecule has 3 nitrogen and oxygen atoms in total. The van der Waals surface area contributed by atoms with Crippen molar-refractivity contribution in [2.45, 2.75) is 52.5 Å². The molecule has 0 aliphatic heterocycles. The lowest BCUT2D eigenvalue weighted by Gasteiger charge is -2.43. The number of hydrogen-bond donors (Lipinski definition) is 1. The van der Waals surface area contributed by atoms with Crippen LogP contribution < -0.4 is 5.73 Å². The van der Waals surface area contributed by atoms with Gasteiger partial charge in [0.2, 0.25) is 0 Å². The van der Waals surface area contributed by atoms with E-state index in [1.165, 1.54) is 0 Å². The fourth-order valence-corrected chi connectivity index (χ4v) is 3.07. The molecule has 1 saturated carbocycles. The largest absolute Gasteiger partial charge is 0.465 e. The molecule has 0 aromatic heterocycles. The zero-order valence-electron chi connectivity index (χ0n) is 10.3. The van der Waals surface area contributed by atoms with Crippen molar-refractivity contribution in [3.8, 4) is 0 Å². The van der Waals surface area contributed by atoms with E-state index in [-0.39, 0.29) is 11.4 Å². The van der Waals surface area contributed by atoms with Crippen molar-refractivity contribution >= 4 is 5.97 Å². The summed E-state index contributed by atoms with van der Waals surface area (Å²) in [6.45, 7) is 8.72. The van der Waals surface area contributed by atoms with Gasteiger partial charge in [-0.1, -0.05) is 20.8 Å². The Bertz CT molecular complexity index is 250. The molecule has 3 heteroatoms. The maximum Gasteiger partial charge on any atom is 0.326 e. The first-order valence-electron chi connectivity index (χ1n) is 5.75. The van der Waals surface area contributed by atoms with Gasteiger partial charge < -0.3 is 10.5 Å². The van der Waals surface area contributed by atoms with E-state index >= 15 is 0 Å². The molecule has 0 saturated heterocycles. The van der Waals surface area contributed by atoms with Crippen LogP contribution in [0.15, 0.2) is 0 Å². The first-order chi connectivity index (χ1) is 6.79. The summed E-state index contributed by atoms with van der Waals surface area (Å²) in [5.41, 5.74) is 5.55. The third kappa shape index (κ3) is 2.94. The highest BCUT2D eigenvalue weighted by Gasteiger charge is 2.46. The molecule has 0 radical (unpaired) electrons. The second-order valence-electron chi connectivity index (χ2n) is 5.73. The van der Waals surface area contributed by atoms with E-state index in [2.05, 4.69) is 20.8 Å². The minimum Gasteiger partial charge on any atom is -0.465 e. The zero-order valence-corrected chi connectivity index (χ0v) is 10.3. The summed E-state index contributed by atoms with van der Waals surface area (Å²) in [6, 6.07) is 0. The molecule has 0 aromatic carbocycles. The maximum absolute atomic E-state index is 11.8. The van der Waals surface area contributed by atoms with Crippen molar-refractivity contribution < 1.29 is 9.53 Å². The number of carbonyl (C=O) groups excluding carboxylic acids is 1. The first kappa shape index (κ1) is 12.5. The minimum atomic E-state index is -0.767. The van der Waals surface area contributed by atoms with Crippen molar-refractivity contribution in [1.29, 1.82) is 0 Å². The van der Waals surface area contributed by atoms with Crippen LogP contribution in [-0.2, 0) is 9.53 Å². The second-order valence-corrected chi connectivity index (χ2v) is 5.73. The summed E-state index contributed by atoms with van der Waals surface area (Å²) >= 11 is 0. The summed E-state index contributed by atoms with van der Waals surface area (Å²) in [5, 5.41) is 0. The monoisotopic (exact) mass is 213 g/mol. The lowest BCUT2D eigenvalue weighted by molar-refractivity contribution is -0.153. The van der Waals surface area contributed by atoms with E-state index in [1.807, 2.05) is 6.92 Å². The smallest absolute Gasteiger partial charge is 0.326 e. The van der Waals surface area contributed by atoms with Crippen molar-refractivity contribution in [3.63, 3.8) is 0 Å². The lowest BCUT2D eigenvalue weighted by Crippen LogP contribution is -2.55. The number of hydrogen-bond acceptors (Lipinski definition) is 3. The number of nitrogens with two attached hydrogens (primary N) is 1. The van der Waals surface area contributed by atoms with Crippen molar-refractivity contribution in [3.05, 3.63) is 0 Å². The highest BCUT2D eigenvalue weighted by atomic mass is 16.5. The molecule has 2 N–H and O–H groups in total. The van der Waals surface area contributed by atoms with Gasteiger partial charge in [-0.15, -0.1) is 0 Å². The molecular formula is C12H23NO2. The Morgan fingerprint density at radius 3 is 2.53 bits per heavy atom. The number of rotatable bonds is 2. The van der Waals surface area contributed by atoms with Gasteiger partial charge in [0.25, 0.3) is 0 Å². The third-order valence-electron chi connectivity index (χ3n) is 3.09. The van der Waals surface area contributed by atoms with Gasteiger partial charge in [-0.25, -0.2) is 0 Å². The third-order valence-corrected chi connectivity index (χ3v) is 3.09. The molecule has 88 valence electrons. The van der Waals surface area contributed by atoms with Crippen LogP contribution in [0.2, 0.25) is 0 Å². The molecule has 1 rings (SSSR count). The fourth-order valence-electron chi connectivity index (χ4n) is 3.07. The number of ether oxygens (including phenoxy) is 1. The predicted octanol–water partition coefficient (Wildman–Crippen LogP) is 2.09. The van der Waals surface area contributed by atoms with E-state index < -0.39 is 5.54 Å². The van der Waals surface area contributed by atoms with E-state index in [0.717, 1.165) is 19.3 Å². The second kappa shape index (κ2) is 4.12. The van der Waals surface area contributed by atoms with Gasteiger partial charge in [0.05, 0.1) is 6.61 Å². The first-order valence-corrected chi connectivity index (χ1v) is 5.75. The van der Waals surface area contributed by atoms with Crippen LogP contribution in [0.3, 0.4) is 0 Å². The summed E-state index contributed by atoms with van der Waals surface area (Å²) in [5.74, 6) is 0.257. The van der Waals surface area contributed by atoms with Gasteiger partial charge in [-0.2, -0.15) is 0 Å². The Morgan fingerprint density at radius 2 is 2.07 bits per heavy atom. The molecule has 2 atom stereocenters. The normalized spacial score (nSPS) is 34.9. The number of carbonyl (C=O) groups is 1. The van der Waals surface area contributed by atoms with Crippen LogP contribution >= 0.6 is 0 Å². The molecule has 0 aromatic rings. The van der Waals surface area contributed by atoms with Gasteiger partial charge in [-0.05, 0) is 37.5 Å². The Kier molecular flexibility index (Phi) is 3.44. The Balaban J connectivity index is 2.79. The highest BCUT2D eigenvalue weighted by molar-refractivity contribution is 5.80.